The molecule has 78 valence electrons. The third-order valence-electron chi connectivity index (χ3n) is 2.21. The van der Waals surface area contributed by atoms with Gasteiger partial charge in [0.05, 0.1) is 10.7 Å². The Hall–Kier alpha value is -0.770. The third-order valence-corrected chi connectivity index (χ3v) is 3.14. The van der Waals surface area contributed by atoms with E-state index in [1.807, 2.05) is 23.9 Å². The molecule has 0 radical (unpaired) electrons. The van der Waals surface area contributed by atoms with Crippen LogP contribution in [-0.4, -0.2) is 9.55 Å². The van der Waals surface area contributed by atoms with E-state index in [1.165, 1.54) is 0 Å². The molecule has 0 unspecified atom stereocenters. The molecule has 0 saturated carbocycles. The molecule has 0 aliphatic heterocycles. The van der Waals surface area contributed by atoms with Crippen LogP contribution in [0.1, 0.15) is 0 Å². The summed E-state index contributed by atoms with van der Waals surface area (Å²) in [5.74, 6) is 0. The molecular formula is C10H8Cl2N2S. The lowest BCUT2D eigenvalue weighted by molar-refractivity contribution is 0.902. The number of H-pyrrole nitrogens is 1. The van der Waals surface area contributed by atoms with Crippen molar-refractivity contribution in [2.75, 3.05) is 0 Å². The highest BCUT2D eigenvalue weighted by molar-refractivity contribution is 7.71. The van der Waals surface area contributed by atoms with Gasteiger partial charge in [-0.1, -0.05) is 23.2 Å². The lowest BCUT2D eigenvalue weighted by Gasteiger charge is -2.05. The van der Waals surface area contributed by atoms with Crippen LogP contribution in [-0.2, 0) is 7.05 Å². The molecule has 15 heavy (non-hydrogen) atoms. The first-order chi connectivity index (χ1) is 7.09. The summed E-state index contributed by atoms with van der Waals surface area (Å²) in [4.78, 5) is 2.96. The summed E-state index contributed by atoms with van der Waals surface area (Å²) in [6.45, 7) is 0. The van der Waals surface area contributed by atoms with Gasteiger partial charge in [0.25, 0.3) is 0 Å². The minimum Gasteiger partial charge on any atom is -0.337 e. The number of rotatable bonds is 1. The molecule has 0 aliphatic carbocycles. The molecule has 1 aromatic carbocycles. The predicted octanol–water partition coefficient (Wildman–Crippen LogP) is 4.06. The van der Waals surface area contributed by atoms with E-state index in [2.05, 4.69) is 4.98 Å². The molecule has 5 heteroatoms. The first-order valence-corrected chi connectivity index (χ1v) is 5.46. The summed E-state index contributed by atoms with van der Waals surface area (Å²) in [6.07, 6.45) is 1.83. The van der Waals surface area contributed by atoms with E-state index in [-0.39, 0.29) is 0 Å². The number of nitrogens with zero attached hydrogens (tertiary/aromatic N) is 1. The van der Waals surface area contributed by atoms with Crippen LogP contribution in [0.3, 0.4) is 0 Å². The van der Waals surface area contributed by atoms with Crippen LogP contribution in [0.2, 0.25) is 10.0 Å². The van der Waals surface area contributed by atoms with Gasteiger partial charge in [0, 0.05) is 23.8 Å². The second kappa shape index (κ2) is 4.00. The molecule has 0 atom stereocenters. The largest absolute Gasteiger partial charge is 0.337 e. The number of aromatic nitrogens is 2. The third kappa shape index (κ3) is 1.95. The molecule has 0 saturated heterocycles. The Bertz CT molecular complexity index is 557. The van der Waals surface area contributed by atoms with Crippen molar-refractivity contribution in [1.82, 2.24) is 9.55 Å². The van der Waals surface area contributed by atoms with E-state index in [1.54, 1.807) is 12.1 Å². The van der Waals surface area contributed by atoms with E-state index in [9.17, 15) is 0 Å². The van der Waals surface area contributed by atoms with Crippen LogP contribution in [0.4, 0.5) is 0 Å². The first kappa shape index (κ1) is 10.7. The van der Waals surface area contributed by atoms with Gasteiger partial charge in [0.15, 0.2) is 4.77 Å². The Morgan fingerprint density at radius 1 is 1.33 bits per heavy atom. The summed E-state index contributed by atoms with van der Waals surface area (Å²) in [6, 6.07) is 5.40. The molecule has 1 N–H and O–H groups in total. The monoisotopic (exact) mass is 258 g/mol. The highest BCUT2D eigenvalue weighted by Crippen LogP contribution is 2.29. The van der Waals surface area contributed by atoms with Crippen LogP contribution >= 0.6 is 35.4 Å². The first-order valence-electron chi connectivity index (χ1n) is 4.29. The van der Waals surface area contributed by atoms with Crippen molar-refractivity contribution in [2.24, 2.45) is 7.05 Å². The van der Waals surface area contributed by atoms with Gasteiger partial charge in [0.1, 0.15) is 0 Å². The molecule has 0 aliphatic rings. The summed E-state index contributed by atoms with van der Waals surface area (Å²) >= 11 is 17.0. The topological polar surface area (TPSA) is 20.7 Å². The van der Waals surface area contributed by atoms with Gasteiger partial charge in [-0.05, 0) is 30.4 Å². The molecule has 0 fully saturated rings. The standard InChI is InChI=1S/C10H8Cl2N2S/c1-14-9(5-13-10(14)15)7-3-2-6(11)4-8(7)12/h2-5H,1H3,(H,13,15). The van der Waals surface area contributed by atoms with Gasteiger partial charge >= 0.3 is 0 Å². The lowest BCUT2D eigenvalue weighted by Crippen LogP contribution is -1.91. The van der Waals surface area contributed by atoms with E-state index < -0.39 is 0 Å². The number of nitrogens with one attached hydrogen (secondary N) is 1. The average molecular weight is 259 g/mol. The highest BCUT2D eigenvalue weighted by atomic mass is 35.5. The maximum atomic E-state index is 6.10. The smallest absolute Gasteiger partial charge is 0.177 e. The molecular weight excluding hydrogens is 251 g/mol. The summed E-state index contributed by atoms with van der Waals surface area (Å²) in [7, 11) is 1.89. The van der Waals surface area contributed by atoms with Gasteiger partial charge in [-0.15, -0.1) is 0 Å². The van der Waals surface area contributed by atoms with Crippen LogP contribution in [0.15, 0.2) is 24.4 Å². The number of benzene rings is 1. The Morgan fingerprint density at radius 3 is 2.60 bits per heavy atom. The van der Waals surface area contributed by atoms with Gasteiger partial charge in [-0.2, -0.15) is 0 Å². The zero-order valence-corrected chi connectivity index (χ0v) is 10.2. The molecule has 1 heterocycles. The van der Waals surface area contributed by atoms with Crippen molar-refractivity contribution in [3.05, 3.63) is 39.2 Å². The fourth-order valence-corrected chi connectivity index (χ4v) is 2.05. The molecule has 2 nitrogen and oxygen atoms in total. The molecule has 0 amide bonds. The van der Waals surface area contributed by atoms with Crippen molar-refractivity contribution in [1.29, 1.82) is 0 Å². The molecule has 0 bridgehead atoms. The Balaban J connectivity index is 2.64. The van der Waals surface area contributed by atoms with E-state index in [4.69, 9.17) is 35.4 Å². The van der Waals surface area contributed by atoms with Crippen LogP contribution in [0, 0.1) is 4.77 Å². The normalized spacial score (nSPS) is 10.6. The Kier molecular flexibility index (Phi) is 2.87. The Labute approximate surface area is 102 Å². The van der Waals surface area contributed by atoms with Gasteiger partial charge < -0.3 is 9.55 Å². The number of halogens is 2. The maximum Gasteiger partial charge on any atom is 0.177 e. The van der Waals surface area contributed by atoms with Crippen molar-refractivity contribution >= 4 is 35.4 Å². The van der Waals surface area contributed by atoms with Crippen LogP contribution < -0.4 is 0 Å². The van der Waals surface area contributed by atoms with Gasteiger partial charge in [0.2, 0.25) is 0 Å². The van der Waals surface area contributed by atoms with Gasteiger partial charge in [-0.25, -0.2) is 0 Å². The van der Waals surface area contributed by atoms with E-state index in [0.29, 0.717) is 14.8 Å². The Morgan fingerprint density at radius 2 is 2.07 bits per heavy atom. The maximum absolute atomic E-state index is 6.10. The van der Waals surface area contributed by atoms with Crippen LogP contribution in [0.25, 0.3) is 11.3 Å². The molecule has 0 spiro atoms. The average Bonchev–Trinajstić information content (AvgIpc) is 2.49. The molecule has 1 aromatic heterocycles. The van der Waals surface area contributed by atoms with Crippen LogP contribution in [0.5, 0.6) is 0 Å². The zero-order valence-electron chi connectivity index (χ0n) is 7.92. The minimum atomic E-state index is 0.618. The fraction of sp³-hybridized carbons (Fsp3) is 0.100. The molecule has 2 rings (SSSR count). The quantitative estimate of drug-likeness (QED) is 0.766. The summed E-state index contributed by atoms with van der Waals surface area (Å²) < 4.78 is 2.53. The second-order valence-corrected chi connectivity index (χ2v) is 4.39. The fourth-order valence-electron chi connectivity index (χ4n) is 1.39. The molecule has 2 aromatic rings. The number of imidazole rings is 1. The number of hydrogen-bond donors (Lipinski definition) is 1. The number of aromatic amines is 1. The summed E-state index contributed by atoms with van der Waals surface area (Å²) in [5.41, 5.74) is 1.86. The SMILES string of the molecule is Cn1c(-c2ccc(Cl)cc2Cl)c[nH]c1=S. The lowest BCUT2D eigenvalue weighted by atomic mass is 10.2. The minimum absolute atomic E-state index is 0.618. The van der Waals surface area contributed by atoms with Crippen molar-refractivity contribution in [3.8, 4) is 11.3 Å². The van der Waals surface area contributed by atoms with Crippen molar-refractivity contribution < 1.29 is 0 Å². The van der Waals surface area contributed by atoms with Crippen molar-refractivity contribution in [2.45, 2.75) is 0 Å². The van der Waals surface area contributed by atoms with E-state index in [0.717, 1.165) is 11.3 Å². The van der Waals surface area contributed by atoms with Gasteiger partial charge in [-0.3, -0.25) is 0 Å². The summed E-state index contributed by atoms with van der Waals surface area (Å²) in [5, 5.41) is 1.24. The second-order valence-electron chi connectivity index (χ2n) is 3.16. The van der Waals surface area contributed by atoms with Crippen molar-refractivity contribution in [3.63, 3.8) is 0 Å². The van der Waals surface area contributed by atoms with E-state index >= 15 is 0 Å². The highest BCUT2D eigenvalue weighted by Gasteiger charge is 2.07. The zero-order chi connectivity index (χ0) is 11.0. The number of hydrogen-bond acceptors (Lipinski definition) is 1. The predicted molar refractivity (Wildman–Crippen MR) is 66.1 cm³/mol.